The average molecular weight is 512 g/mol. The maximum atomic E-state index is 11.4. The van der Waals surface area contributed by atoms with Crippen LogP contribution >= 0.6 is 0 Å². The molecule has 0 radical (unpaired) electrons. The van der Waals surface area contributed by atoms with Gasteiger partial charge >= 0.3 is 0 Å². The molecule has 8 nitrogen and oxygen atoms in total. The van der Waals surface area contributed by atoms with Gasteiger partial charge in [0.2, 0.25) is 0 Å². The predicted molar refractivity (Wildman–Crippen MR) is 142 cm³/mol. The van der Waals surface area contributed by atoms with Gasteiger partial charge in [-0.15, -0.1) is 0 Å². The summed E-state index contributed by atoms with van der Waals surface area (Å²) in [7, 11) is 3.30. The first kappa shape index (κ1) is 24.8. The van der Waals surface area contributed by atoms with Gasteiger partial charge in [0.05, 0.1) is 26.4 Å². The number of nitrogens with zero attached hydrogens (tertiary/aromatic N) is 1. The lowest BCUT2D eigenvalue weighted by molar-refractivity contribution is -0.225. The molecule has 1 atom stereocenters. The van der Waals surface area contributed by atoms with Crippen molar-refractivity contribution in [2.75, 3.05) is 50.9 Å². The zero-order valence-corrected chi connectivity index (χ0v) is 21.8. The molecule has 2 aromatic carbocycles. The minimum atomic E-state index is -1.22. The van der Waals surface area contributed by atoms with E-state index in [1.807, 2.05) is 30.5 Å². The van der Waals surface area contributed by atoms with E-state index in [9.17, 15) is 4.21 Å². The van der Waals surface area contributed by atoms with Gasteiger partial charge in [-0.25, -0.2) is 9.19 Å². The predicted octanol–water partition coefficient (Wildman–Crippen LogP) is 4.53. The van der Waals surface area contributed by atoms with Crippen LogP contribution in [-0.2, 0) is 26.5 Å². The highest BCUT2D eigenvalue weighted by Crippen LogP contribution is 2.56. The van der Waals surface area contributed by atoms with Gasteiger partial charge in [0.25, 0.3) is 0 Å². The van der Waals surface area contributed by atoms with Crippen molar-refractivity contribution >= 4 is 33.4 Å². The fourth-order valence-corrected chi connectivity index (χ4v) is 5.92. The number of hydrogen-bond donors (Lipinski definition) is 2. The van der Waals surface area contributed by atoms with Crippen LogP contribution in [0.3, 0.4) is 0 Å². The van der Waals surface area contributed by atoms with Gasteiger partial charge in [0, 0.05) is 60.3 Å². The lowest BCUT2D eigenvalue weighted by Gasteiger charge is -2.59. The first-order valence-electron chi connectivity index (χ1n) is 12.1. The van der Waals surface area contributed by atoms with E-state index in [1.54, 1.807) is 20.5 Å². The van der Waals surface area contributed by atoms with E-state index in [-0.39, 0.29) is 11.0 Å². The number of rotatable bonds is 11. The lowest BCUT2D eigenvalue weighted by Crippen LogP contribution is -2.63. The van der Waals surface area contributed by atoms with Crippen LogP contribution < -0.4 is 20.1 Å². The molecule has 9 heteroatoms. The highest BCUT2D eigenvalue weighted by molar-refractivity contribution is 7.79. The van der Waals surface area contributed by atoms with Crippen molar-refractivity contribution in [1.29, 1.82) is 0 Å². The van der Waals surface area contributed by atoms with Crippen LogP contribution in [-0.4, -0.2) is 55.0 Å². The van der Waals surface area contributed by atoms with E-state index in [1.165, 1.54) is 0 Å². The third kappa shape index (κ3) is 5.14. The Morgan fingerprint density at radius 3 is 2.72 bits per heavy atom. The van der Waals surface area contributed by atoms with Crippen molar-refractivity contribution in [3.05, 3.63) is 54.2 Å². The molecule has 36 heavy (non-hydrogen) atoms. The maximum Gasteiger partial charge on any atom is 0.152 e. The molecule has 192 valence electrons. The molecule has 0 amide bonds. The van der Waals surface area contributed by atoms with Crippen LogP contribution in [0.25, 0.3) is 10.8 Å². The van der Waals surface area contributed by atoms with Gasteiger partial charge in [-0.3, -0.25) is 4.18 Å². The van der Waals surface area contributed by atoms with Gasteiger partial charge in [-0.05, 0) is 61.0 Å². The van der Waals surface area contributed by atoms with Crippen molar-refractivity contribution in [3.8, 4) is 11.5 Å². The summed E-state index contributed by atoms with van der Waals surface area (Å²) in [6, 6.07) is 14.1. The molecule has 6 rings (SSSR count). The fraction of sp³-hybridized carbons (Fsp3) is 0.444. The van der Waals surface area contributed by atoms with Crippen LogP contribution in [0.4, 0.5) is 11.5 Å². The highest BCUT2D eigenvalue weighted by atomic mass is 32.2. The van der Waals surface area contributed by atoms with Crippen LogP contribution in [0.1, 0.15) is 24.8 Å². The topological polar surface area (TPSA) is 90.9 Å². The summed E-state index contributed by atoms with van der Waals surface area (Å²) in [5, 5.41) is 9.18. The quantitative estimate of drug-likeness (QED) is 0.388. The molecule has 2 aliphatic heterocycles. The number of benzene rings is 2. The number of pyridine rings is 1. The molecule has 2 N–H and O–H groups in total. The highest BCUT2D eigenvalue weighted by Gasteiger charge is 2.58. The second-order valence-corrected chi connectivity index (χ2v) is 10.8. The van der Waals surface area contributed by atoms with Gasteiger partial charge in [-0.1, -0.05) is 0 Å². The lowest BCUT2D eigenvalue weighted by atomic mass is 9.56. The number of aromatic nitrogens is 1. The summed E-state index contributed by atoms with van der Waals surface area (Å²) >= 11 is -1.22. The summed E-state index contributed by atoms with van der Waals surface area (Å²) in [4.78, 5) is 4.56. The van der Waals surface area contributed by atoms with E-state index in [0.717, 1.165) is 71.8 Å². The first-order chi connectivity index (χ1) is 17.4. The molecule has 0 spiro atoms. The Labute approximate surface area is 214 Å². The van der Waals surface area contributed by atoms with Crippen LogP contribution in [0, 0.1) is 5.41 Å². The maximum absolute atomic E-state index is 11.4. The van der Waals surface area contributed by atoms with Crippen molar-refractivity contribution in [3.63, 3.8) is 0 Å². The average Bonchev–Trinajstić information content (AvgIpc) is 2.89. The Balaban J connectivity index is 1.23. The molecule has 3 fully saturated rings. The third-order valence-electron chi connectivity index (χ3n) is 7.29. The fourth-order valence-electron chi connectivity index (χ4n) is 5.50. The van der Waals surface area contributed by atoms with E-state index in [0.29, 0.717) is 13.2 Å². The minimum Gasteiger partial charge on any atom is -0.497 e. The van der Waals surface area contributed by atoms with Crippen LogP contribution in [0.15, 0.2) is 48.7 Å². The molecular weight excluding hydrogens is 478 g/mol. The van der Waals surface area contributed by atoms with E-state index >= 15 is 0 Å². The molecule has 1 unspecified atom stereocenters. The molecule has 2 bridgehead atoms. The molecule has 2 saturated heterocycles. The zero-order chi connectivity index (χ0) is 25.2. The number of nitrogens with one attached hydrogen (secondary N) is 2. The zero-order valence-electron chi connectivity index (χ0n) is 21.0. The van der Waals surface area contributed by atoms with Crippen molar-refractivity contribution in [2.24, 2.45) is 5.41 Å². The molecule has 1 aliphatic carbocycles. The molecule has 3 heterocycles. The standard InChI is InChI=1S/C27H33N3O5S/c1-32-22-6-4-20(24(13-22)33-2)14-29-25-23-7-5-21(12-19(23)8-10-28-25)30-17-27-15-26(16-27,9-11-34-27)18-35-36(3)31/h4-8,10,12-13,30H,9,11,14-18H2,1-3H3,(H,28,29). The number of methoxy groups -OCH3 is 2. The summed E-state index contributed by atoms with van der Waals surface area (Å²) in [6.07, 6.45) is 6.23. The monoisotopic (exact) mass is 511 g/mol. The normalized spacial score (nSPS) is 23.5. The SMILES string of the molecule is COc1ccc(CNc2nccc3cc(NCC45CC(COS(C)=O)(CCO4)C5)ccc23)c(OC)c1. The number of ether oxygens (including phenoxy) is 3. The van der Waals surface area contributed by atoms with E-state index < -0.39 is 11.1 Å². The van der Waals surface area contributed by atoms with Gasteiger partial charge in [-0.2, -0.15) is 0 Å². The molecule has 1 saturated carbocycles. The van der Waals surface area contributed by atoms with Gasteiger partial charge in [0.15, 0.2) is 11.1 Å². The smallest absolute Gasteiger partial charge is 0.152 e. The Morgan fingerprint density at radius 2 is 1.94 bits per heavy atom. The third-order valence-corrected chi connectivity index (χ3v) is 7.74. The number of hydrogen-bond acceptors (Lipinski definition) is 8. The van der Waals surface area contributed by atoms with Crippen molar-refractivity contribution < 1.29 is 22.6 Å². The second-order valence-electron chi connectivity index (χ2n) is 9.78. The number of anilines is 2. The summed E-state index contributed by atoms with van der Waals surface area (Å²) in [6.45, 7) is 2.58. The minimum absolute atomic E-state index is 0.105. The van der Waals surface area contributed by atoms with Crippen LogP contribution in [0.5, 0.6) is 11.5 Å². The largest absolute Gasteiger partial charge is 0.497 e. The Hall–Kier alpha value is -2.88. The Morgan fingerprint density at radius 1 is 1.08 bits per heavy atom. The molecular formula is C27H33N3O5S. The molecule has 3 aromatic rings. The van der Waals surface area contributed by atoms with Gasteiger partial charge in [0.1, 0.15) is 17.3 Å². The van der Waals surface area contributed by atoms with E-state index in [2.05, 4.69) is 33.8 Å². The molecule has 1 aromatic heterocycles. The van der Waals surface area contributed by atoms with Crippen LogP contribution in [0.2, 0.25) is 0 Å². The van der Waals surface area contributed by atoms with Crippen molar-refractivity contribution in [2.45, 2.75) is 31.4 Å². The summed E-state index contributed by atoms with van der Waals surface area (Å²) in [5.74, 6) is 2.35. The first-order valence-corrected chi connectivity index (χ1v) is 13.6. The summed E-state index contributed by atoms with van der Waals surface area (Å²) in [5.41, 5.74) is 2.00. The second kappa shape index (κ2) is 10.2. The van der Waals surface area contributed by atoms with Crippen molar-refractivity contribution in [1.82, 2.24) is 4.98 Å². The Kier molecular flexibility index (Phi) is 7.05. The number of fused-ring (bicyclic) bond motifs is 3. The summed E-state index contributed by atoms with van der Waals surface area (Å²) < 4.78 is 33.8. The van der Waals surface area contributed by atoms with E-state index in [4.69, 9.17) is 18.4 Å². The Bertz CT molecular complexity index is 1260. The molecule has 3 aliphatic rings. The van der Waals surface area contributed by atoms with Gasteiger partial charge < -0.3 is 24.8 Å².